The highest BCUT2D eigenvalue weighted by molar-refractivity contribution is 5.85. The third-order valence-corrected chi connectivity index (χ3v) is 1.24. The molecule has 0 fully saturated rings. The maximum Gasteiger partial charge on any atom is 0.290 e. The number of nitrogens with one attached hydrogen (secondary N) is 1. The van der Waals surface area contributed by atoms with Crippen LogP contribution in [-0.4, -0.2) is 19.8 Å². The number of aromatic nitrogens is 4. The van der Waals surface area contributed by atoms with E-state index in [0.29, 0.717) is 5.52 Å². The molecular weight excluding hydrogens is 168 g/mol. The van der Waals surface area contributed by atoms with Crippen LogP contribution in [0.2, 0.25) is 0 Å². The largest absolute Gasteiger partial charge is 0.290 e. The normalized spacial score (nSPS) is 9.45. The molecule has 0 aliphatic heterocycles. The predicted octanol–water partition coefficient (Wildman–Crippen LogP) is -0.161. The third kappa shape index (κ3) is 1.10. The van der Waals surface area contributed by atoms with Crippen molar-refractivity contribution in [3.05, 3.63) is 28.9 Å². The van der Waals surface area contributed by atoms with E-state index >= 15 is 0 Å². The Morgan fingerprint density at radius 3 is 3.09 bits per heavy atom. The Bertz CT molecular complexity index is 406. The highest BCUT2D eigenvalue weighted by atomic mass is 35.5. The van der Waals surface area contributed by atoms with Crippen molar-refractivity contribution in [2.24, 2.45) is 0 Å². The summed E-state index contributed by atoms with van der Waals surface area (Å²) in [5, 5.41) is 9.66. The number of halogens is 1. The molecule has 2 aromatic heterocycles. The van der Waals surface area contributed by atoms with Crippen molar-refractivity contribution >= 4 is 17.9 Å². The average molecular weight is 173 g/mol. The minimum absolute atomic E-state index is 0. The van der Waals surface area contributed by atoms with Crippen LogP contribution in [0.1, 0.15) is 0 Å². The van der Waals surface area contributed by atoms with Crippen molar-refractivity contribution in [2.75, 3.05) is 0 Å². The molecule has 0 aliphatic rings. The van der Waals surface area contributed by atoms with Gasteiger partial charge >= 0.3 is 0 Å². The number of fused-ring (bicyclic) bond motifs is 1. The van der Waals surface area contributed by atoms with Gasteiger partial charge in [0.05, 0.1) is 6.20 Å². The Labute approximate surface area is 67.5 Å². The van der Waals surface area contributed by atoms with Crippen LogP contribution in [0.25, 0.3) is 5.52 Å². The Balaban J connectivity index is 0.000000605. The second kappa shape index (κ2) is 2.71. The van der Waals surface area contributed by atoms with Gasteiger partial charge in [0.25, 0.3) is 5.56 Å². The second-order valence-electron chi connectivity index (χ2n) is 1.85. The number of hydrogen-bond donors (Lipinski definition) is 1. The molecule has 0 unspecified atom stereocenters. The van der Waals surface area contributed by atoms with Crippen molar-refractivity contribution < 1.29 is 0 Å². The van der Waals surface area contributed by atoms with Gasteiger partial charge in [-0.1, -0.05) is 0 Å². The van der Waals surface area contributed by atoms with Gasteiger partial charge in [0.2, 0.25) is 0 Å². The molecule has 0 bridgehead atoms. The van der Waals surface area contributed by atoms with Gasteiger partial charge in [-0.2, -0.15) is 10.2 Å². The molecular formula is C5H5ClN4O. The first kappa shape index (κ1) is 7.74. The zero-order chi connectivity index (χ0) is 6.97. The fraction of sp³-hybridized carbons (Fsp3) is 0. The van der Waals surface area contributed by atoms with E-state index in [4.69, 9.17) is 0 Å². The van der Waals surface area contributed by atoms with E-state index in [9.17, 15) is 4.79 Å². The van der Waals surface area contributed by atoms with E-state index in [-0.39, 0.29) is 18.0 Å². The van der Waals surface area contributed by atoms with E-state index < -0.39 is 0 Å². The smallest absolute Gasteiger partial charge is 0.266 e. The van der Waals surface area contributed by atoms with Crippen LogP contribution < -0.4 is 5.56 Å². The highest BCUT2D eigenvalue weighted by Gasteiger charge is 1.94. The highest BCUT2D eigenvalue weighted by Crippen LogP contribution is 1.88. The number of rotatable bonds is 0. The Morgan fingerprint density at radius 1 is 1.55 bits per heavy atom. The van der Waals surface area contributed by atoms with Gasteiger partial charge in [-0.15, -0.1) is 12.4 Å². The molecule has 2 rings (SSSR count). The first-order chi connectivity index (χ1) is 4.88. The van der Waals surface area contributed by atoms with Gasteiger partial charge in [-0.25, -0.2) is 9.61 Å². The lowest BCUT2D eigenvalue weighted by Gasteiger charge is -1.85. The molecule has 6 heteroatoms. The zero-order valence-corrected chi connectivity index (χ0v) is 6.21. The molecule has 0 atom stereocenters. The SMILES string of the molecule is Cl.O=c1[nH]ncn2nccc12. The van der Waals surface area contributed by atoms with E-state index in [1.165, 1.54) is 10.8 Å². The molecule has 0 amide bonds. The molecule has 11 heavy (non-hydrogen) atoms. The summed E-state index contributed by atoms with van der Waals surface area (Å²) in [6.45, 7) is 0. The van der Waals surface area contributed by atoms with E-state index in [1.54, 1.807) is 12.3 Å². The zero-order valence-electron chi connectivity index (χ0n) is 5.39. The van der Waals surface area contributed by atoms with Crippen LogP contribution in [-0.2, 0) is 0 Å². The van der Waals surface area contributed by atoms with Gasteiger partial charge in [-0.05, 0) is 6.07 Å². The quantitative estimate of drug-likeness (QED) is 0.601. The van der Waals surface area contributed by atoms with Gasteiger partial charge in [0, 0.05) is 0 Å². The van der Waals surface area contributed by atoms with Crippen LogP contribution in [0.3, 0.4) is 0 Å². The Hall–Kier alpha value is -1.36. The van der Waals surface area contributed by atoms with Crippen LogP contribution >= 0.6 is 12.4 Å². The minimum Gasteiger partial charge on any atom is -0.266 e. The number of nitrogens with zero attached hydrogens (tertiary/aromatic N) is 3. The van der Waals surface area contributed by atoms with Crippen LogP contribution in [0, 0.1) is 0 Å². The monoisotopic (exact) mass is 172 g/mol. The molecule has 0 saturated carbocycles. The summed E-state index contributed by atoms with van der Waals surface area (Å²) in [7, 11) is 0. The Morgan fingerprint density at radius 2 is 2.36 bits per heavy atom. The van der Waals surface area contributed by atoms with Crippen LogP contribution in [0.5, 0.6) is 0 Å². The summed E-state index contributed by atoms with van der Waals surface area (Å²) in [4.78, 5) is 10.9. The number of H-pyrrole nitrogens is 1. The van der Waals surface area contributed by atoms with Crippen LogP contribution in [0.15, 0.2) is 23.4 Å². The van der Waals surface area contributed by atoms with Crippen molar-refractivity contribution in [1.29, 1.82) is 0 Å². The molecule has 0 radical (unpaired) electrons. The third-order valence-electron chi connectivity index (χ3n) is 1.24. The summed E-state index contributed by atoms with van der Waals surface area (Å²) < 4.78 is 1.42. The summed E-state index contributed by atoms with van der Waals surface area (Å²) in [5.74, 6) is 0. The molecule has 0 spiro atoms. The molecule has 1 N–H and O–H groups in total. The van der Waals surface area contributed by atoms with Crippen molar-refractivity contribution in [3.8, 4) is 0 Å². The second-order valence-corrected chi connectivity index (χ2v) is 1.85. The summed E-state index contributed by atoms with van der Waals surface area (Å²) in [5.41, 5.74) is 0.287. The fourth-order valence-corrected chi connectivity index (χ4v) is 0.786. The topological polar surface area (TPSA) is 63.0 Å². The van der Waals surface area contributed by atoms with Crippen molar-refractivity contribution in [1.82, 2.24) is 19.8 Å². The molecule has 2 aromatic rings. The summed E-state index contributed by atoms with van der Waals surface area (Å²) >= 11 is 0. The molecule has 0 saturated heterocycles. The summed E-state index contributed by atoms with van der Waals surface area (Å²) in [6, 6.07) is 1.63. The number of hydrogen-bond acceptors (Lipinski definition) is 3. The summed E-state index contributed by atoms with van der Waals surface area (Å²) in [6.07, 6.45) is 2.99. The lowest BCUT2D eigenvalue weighted by Crippen LogP contribution is -2.10. The van der Waals surface area contributed by atoms with Crippen LogP contribution in [0.4, 0.5) is 0 Å². The maximum atomic E-state index is 10.9. The van der Waals surface area contributed by atoms with Gasteiger partial charge in [0.15, 0.2) is 0 Å². The van der Waals surface area contributed by atoms with Crippen molar-refractivity contribution in [3.63, 3.8) is 0 Å². The average Bonchev–Trinajstić information content (AvgIpc) is 2.36. The molecule has 0 aromatic carbocycles. The standard InChI is InChI=1S/C5H4N4O.ClH/c10-5-4-1-2-7-9(4)3-6-8-5;/h1-3H,(H,8,10);1H. The Kier molecular flexibility index (Phi) is 1.91. The van der Waals surface area contributed by atoms with Crippen molar-refractivity contribution in [2.45, 2.75) is 0 Å². The molecule has 58 valence electrons. The lowest BCUT2D eigenvalue weighted by atomic mass is 10.5. The fourth-order valence-electron chi connectivity index (χ4n) is 0.786. The predicted molar refractivity (Wildman–Crippen MR) is 40.9 cm³/mol. The lowest BCUT2D eigenvalue weighted by molar-refractivity contribution is 0.846. The van der Waals surface area contributed by atoms with E-state index in [2.05, 4.69) is 15.3 Å². The number of aromatic amines is 1. The van der Waals surface area contributed by atoms with E-state index in [1.807, 2.05) is 0 Å². The maximum absolute atomic E-state index is 10.9. The molecule has 5 nitrogen and oxygen atoms in total. The first-order valence-electron chi connectivity index (χ1n) is 2.75. The first-order valence-corrected chi connectivity index (χ1v) is 2.75. The van der Waals surface area contributed by atoms with Gasteiger partial charge in [-0.3, -0.25) is 4.79 Å². The molecule has 0 aliphatic carbocycles. The van der Waals surface area contributed by atoms with E-state index in [0.717, 1.165) is 0 Å². The van der Waals surface area contributed by atoms with Gasteiger partial charge < -0.3 is 0 Å². The molecule has 2 heterocycles. The van der Waals surface area contributed by atoms with Gasteiger partial charge in [0.1, 0.15) is 11.8 Å². The minimum atomic E-state index is -0.222.